The summed E-state index contributed by atoms with van der Waals surface area (Å²) in [5.41, 5.74) is 2.21. The van der Waals surface area contributed by atoms with Gasteiger partial charge >= 0.3 is 5.97 Å². The summed E-state index contributed by atoms with van der Waals surface area (Å²) in [6, 6.07) is 14.2. The van der Waals surface area contributed by atoms with Crippen LogP contribution in [0.1, 0.15) is 16.1 Å². The average molecular weight is 429 g/mol. The van der Waals surface area contributed by atoms with Crippen molar-refractivity contribution in [1.29, 1.82) is 0 Å². The van der Waals surface area contributed by atoms with Gasteiger partial charge in [-0.2, -0.15) is 0 Å². The van der Waals surface area contributed by atoms with Crippen molar-refractivity contribution in [2.75, 3.05) is 19.0 Å². The molecule has 0 radical (unpaired) electrons. The number of rotatable bonds is 5. The van der Waals surface area contributed by atoms with E-state index in [1.807, 2.05) is 6.07 Å². The van der Waals surface area contributed by atoms with Gasteiger partial charge in [0.25, 0.3) is 5.91 Å². The molecule has 7 heteroatoms. The number of pyridine rings is 1. The van der Waals surface area contributed by atoms with E-state index in [9.17, 15) is 9.59 Å². The van der Waals surface area contributed by atoms with Crippen molar-refractivity contribution in [2.24, 2.45) is 0 Å². The molecule has 0 aliphatic heterocycles. The molecule has 3 aromatic rings. The van der Waals surface area contributed by atoms with Gasteiger partial charge in [-0.1, -0.05) is 15.9 Å². The Morgan fingerprint density at radius 1 is 1.11 bits per heavy atom. The first-order valence-corrected chi connectivity index (χ1v) is 8.93. The monoisotopic (exact) mass is 428 g/mol. The molecule has 0 saturated carbocycles. The number of nitrogens with one attached hydrogen (secondary N) is 1. The number of anilines is 1. The summed E-state index contributed by atoms with van der Waals surface area (Å²) in [6.07, 6.45) is 0. The highest BCUT2D eigenvalue weighted by atomic mass is 79.9. The Labute approximate surface area is 164 Å². The fourth-order valence-corrected chi connectivity index (χ4v) is 2.79. The largest absolute Gasteiger partial charge is 0.497 e. The third-order valence-electron chi connectivity index (χ3n) is 3.89. The number of aryl methyl sites for hydroxylation is 1. The number of aromatic nitrogens is 1. The van der Waals surface area contributed by atoms with Crippen molar-refractivity contribution in [3.05, 3.63) is 64.3 Å². The van der Waals surface area contributed by atoms with Crippen LogP contribution in [0.15, 0.2) is 53.0 Å². The molecule has 6 nitrogen and oxygen atoms in total. The number of hydrogen-bond donors (Lipinski definition) is 1. The van der Waals surface area contributed by atoms with Gasteiger partial charge in [0.2, 0.25) is 0 Å². The highest BCUT2D eigenvalue weighted by Gasteiger charge is 2.15. The number of carbonyl (C=O) groups is 2. The minimum Gasteiger partial charge on any atom is -0.497 e. The van der Waals surface area contributed by atoms with Gasteiger partial charge in [0.1, 0.15) is 5.75 Å². The zero-order chi connectivity index (χ0) is 19.4. The Morgan fingerprint density at radius 3 is 2.56 bits per heavy atom. The van der Waals surface area contributed by atoms with Crippen molar-refractivity contribution >= 4 is 44.4 Å². The van der Waals surface area contributed by atoms with E-state index in [-0.39, 0.29) is 6.61 Å². The summed E-state index contributed by atoms with van der Waals surface area (Å²) in [5, 5.41) is 3.42. The molecule has 2 aromatic carbocycles. The van der Waals surface area contributed by atoms with E-state index in [0.29, 0.717) is 22.7 Å². The van der Waals surface area contributed by atoms with Gasteiger partial charge in [-0.15, -0.1) is 0 Å². The minimum atomic E-state index is -0.601. The van der Waals surface area contributed by atoms with E-state index < -0.39 is 11.9 Å². The smallest absolute Gasteiger partial charge is 0.340 e. The van der Waals surface area contributed by atoms with Crippen LogP contribution in [-0.2, 0) is 9.53 Å². The molecule has 1 N–H and O–H groups in total. The molecule has 0 aliphatic carbocycles. The van der Waals surface area contributed by atoms with Crippen molar-refractivity contribution in [2.45, 2.75) is 6.92 Å². The lowest BCUT2D eigenvalue weighted by atomic mass is 10.1. The number of halogens is 1. The molecule has 0 fully saturated rings. The fraction of sp³-hybridized carbons (Fsp3) is 0.150. The minimum absolute atomic E-state index is 0.312. The van der Waals surface area contributed by atoms with Crippen LogP contribution >= 0.6 is 15.9 Å². The van der Waals surface area contributed by atoms with Gasteiger partial charge < -0.3 is 14.8 Å². The molecule has 27 heavy (non-hydrogen) atoms. The van der Waals surface area contributed by atoms with Crippen LogP contribution in [0.2, 0.25) is 0 Å². The first-order chi connectivity index (χ1) is 13.0. The summed E-state index contributed by atoms with van der Waals surface area (Å²) in [6.45, 7) is 1.34. The zero-order valence-corrected chi connectivity index (χ0v) is 16.4. The number of nitrogens with zero attached hydrogens (tertiary/aromatic N) is 1. The lowest BCUT2D eigenvalue weighted by Crippen LogP contribution is -2.21. The van der Waals surface area contributed by atoms with E-state index in [2.05, 4.69) is 26.2 Å². The van der Waals surface area contributed by atoms with E-state index in [1.54, 1.807) is 56.5 Å². The van der Waals surface area contributed by atoms with Gasteiger partial charge in [0, 0.05) is 15.5 Å². The molecule has 0 bridgehead atoms. The van der Waals surface area contributed by atoms with E-state index in [0.717, 1.165) is 15.4 Å². The third kappa shape index (κ3) is 4.62. The van der Waals surface area contributed by atoms with Crippen LogP contribution in [0.25, 0.3) is 10.9 Å². The molecule has 0 atom stereocenters. The highest BCUT2D eigenvalue weighted by Crippen LogP contribution is 2.22. The molecule has 0 saturated heterocycles. The van der Waals surface area contributed by atoms with Crippen LogP contribution in [0, 0.1) is 6.92 Å². The van der Waals surface area contributed by atoms with Crippen molar-refractivity contribution in [3.63, 3.8) is 0 Å². The number of ether oxygens (including phenoxy) is 2. The molecule has 1 aromatic heterocycles. The second-order valence-electron chi connectivity index (χ2n) is 5.81. The van der Waals surface area contributed by atoms with Gasteiger partial charge in [0.05, 0.1) is 23.9 Å². The normalized spacial score (nSPS) is 10.5. The van der Waals surface area contributed by atoms with Crippen molar-refractivity contribution in [1.82, 2.24) is 4.98 Å². The lowest BCUT2D eigenvalue weighted by Gasteiger charge is -2.09. The van der Waals surface area contributed by atoms with Crippen LogP contribution in [0.4, 0.5) is 5.69 Å². The Bertz CT molecular complexity index is 1000. The highest BCUT2D eigenvalue weighted by molar-refractivity contribution is 9.10. The summed E-state index contributed by atoms with van der Waals surface area (Å²) in [4.78, 5) is 28.8. The molecule has 0 aliphatic rings. The van der Waals surface area contributed by atoms with Gasteiger partial charge in [-0.3, -0.25) is 9.78 Å². The summed E-state index contributed by atoms with van der Waals surface area (Å²) < 4.78 is 11.2. The van der Waals surface area contributed by atoms with Crippen LogP contribution in [-0.4, -0.2) is 30.6 Å². The van der Waals surface area contributed by atoms with E-state index in [1.165, 1.54) is 0 Å². The predicted molar refractivity (Wildman–Crippen MR) is 106 cm³/mol. The lowest BCUT2D eigenvalue weighted by molar-refractivity contribution is -0.119. The Hall–Kier alpha value is -2.93. The maximum absolute atomic E-state index is 12.4. The van der Waals surface area contributed by atoms with Crippen LogP contribution in [0.3, 0.4) is 0 Å². The number of benzene rings is 2. The SMILES string of the molecule is COc1ccc2nc(C)c(C(=O)OCC(=O)Nc3ccc(Br)cc3)cc2c1. The topological polar surface area (TPSA) is 77.5 Å². The standard InChI is InChI=1S/C20H17BrN2O4/c1-12-17(10-13-9-16(26-2)7-8-18(13)22-12)20(25)27-11-19(24)23-15-5-3-14(21)4-6-15/h3-10H,11H2,1-2H3,(H,23,24). The fourth-order valence-electron chi connectivity index (χ4n) is 2.52. The predicted octanol–water partition coefficient (Wildman–Crippen LogP) is 4.11. The van der Waals surface area contributed by atoms with Gasteiger partial charge in [0.15, 0.2) is 6.61 Å². The molecule has 138 valence electrons. The Kier molecular flexibility index (Phi) is 5.71. The molecule has 3 rings (SSSR count). The molecule has 0 spiro atoms. The van der Waals surface area contributed by atoms with Gasteiger partial charge in [-0.25, -0.2) is 4.79 Å². The maximum Gasteiger partial charge on any atom is 0.340 e. The van der Waals surface area contributed by atoms with Crippen LogP contribution in [0.5, 0.6) is 5.75 Å². The molecule has 1 heterocycles. The molecule has 0 unspecified atom stereocenters. The molecule has 1 amide bonds. The summed E-state index contributed by atoms with van der Waals surface area (Å²) in [5.74, 6) is -0.351. The van der Waals surface area contributed by atoms with E-state index >= 15 is 0 Å². The summed E-state index contributed by atoms with van der Waals surface area (Å²) >= 11 is 3.32. The van der Waals surface area contributed by atoms with Crippen LogP contribution < -0.4 is 10.1 Å². The number of carbonyl (C=O) groups excluding carboxylic acids is 2. The first kappa shape index (κ1) is 18.8. The quantitative estimate of drug-likeness (QED) is 0.618. The number of fused-ring (bicyclic) bond motifs is 1. The number of hydrogen-bond acceptors (Lipinski definition) is 5. The first-order valence-electron chi connectivity index (χ1n) is 8.14. The molecular formula is C20H17BrN2O4. The van der Waals surface area contributed by atoms with E-state index in [4.69, 9.17) is 9.47 Å². The third-order valence-corrected chi connectivity index (χ3v) is 4.42. The average Bonchev–Trinajstić information content (AvgIpc) is 2.67. The zero-order valence-electron chi connectivity index (χ0n) is 14.8. The Balaban J connectivity index is 1.68. The van der Waals surface area contributed by atoms with Crippen molar-refractivity contribution < 1.29 is 19.1 Å². The number of methoxy groups -OCH3 is 1. The Morgan fingerprint density at radius 2 is 1.85 bits per heavy atom. The van der Waals surface area contributed by atoms with Gasteiger partial charge in [-0.05, 0) is 55.5 Å². The maximum atomic E-state index is 12.4. The number of amides is 1. The number of esters is 1. The second-order valence-corrected chi connectivity index (χ2v) is 6.73. The second kappa shape index (κ2) is 8.18. The van der Waals surface area contributed by atoms with Crippen molar-refractivity contribution in [3.8, 4) is 5.75 Å². The summed E-state index contributed by atoms with van der Waals surface area (Å²) in [7, 11) is 1.57. The molecular weight excluding hydrogens is 412 g/mol.